The molecule has 0 radical (unpaired) electrons. The van der Waals surface area contributed by atoms with Crippen molar-refractivity contribution in [3.05, 3.63) is 6.33 Å². The molecule has 3 N–H and O–H groups in total. The van der Waals surface area contributed by atoms with Gasteiger partial charge in [-0.3, -0.25) is 0 Å². The van der Waals surface area contributed by atoms with E-state index in [1.165, 1.54) is 0 Å². The zero-order valence-electron chi connectivity index (χ0n) is 19.3. The molecular weight excluding hydrogens is 398 g/mol. The first-order chi connectivity index (χ1) is 14.6. The maximum Gasteiger partial charge on any atom is 0.410 e. The Bertz CT molecular complexity index is 906. The fourth-order valence-electron chi connectivity index (χ4n) is 3.49. The summed E-state index contributed by atoms with van der Waals surface area (Å²) in [6, 6.07) is -0.124. The van der Waals surface area contributed by atoms with Crippen LogP contribution < -0.4 is 10.6 Å². The highest BCUT2D eigenvalue weighted by atomic mass is 16.6. The number of aliphatic hydroxyl groups is 1. The van der Waals surface area contributed by atoms with E-state index in [4.69, 9.17) is 4.74 Å². The van der Waals surface area contributed by atoms with Crippen LogP contribution in [-0.4, -0.2) is 73.0 Å². The number of carbonyl (C=O) groups excluding carboxylic acids is 1. The summed E-state index contributed by atoms with van der Waals surface area (Å²) in [5, 5.41) is 16.4. The van der Waals surface area contributed by atoms with Crippen molar-refractivity contribution in [3.8, 4) is 0 Å². The first-order valence-electron chi connectivity index (χ1n) is 11.0. The summed E-state index contributed by atoms with van der Waals surface area (Å²) in [5.74, 6) is 1.28. The monoisotopic (exact) mass is 433 g/mol. The molecule has 10 heteroatoms. The van der Waals surface area contributed by atoms with Gasteiger partial charge in [-0.05, 0) is 40.0 Å². The third-order valence-corrected chi connectivity index (χ3v) is 5.30. The number of ether oxygens (including phenoxy) is 1. The fraction of sp³-hybridized carbons (Fsp3) is 0.714. The topological polar surface area (TPSA) is 117 Å². The quantitative estimate of drug-likeness (QED) is 0.610. The van der Waals surface area contributed by atoms with Gasteiger partial charge in [0, 0.05) is 25.7 Å². The highest BCUT2D eigenvalue weighted by Gasteiger charge is 2.30. The van der Waals surface area contributed by atoms with Gasteiger partial charge in [-0.2, -0.15) is 9.97 Å². The molecule has 0 aromatic carbocycles. The number of anilines is 2. The van der Waals surface area contributed by atoms with Crippen molar-refractivity contribution in [2.75, 3.05) is 30.3 Å². The Kier molecular flexibility index (Phi) is 6.88. The molecule has 1 saturated heterocycles. The molecule has 31 heavy (non-hydrogen) atoms. The predicted molar refractivity (Wildman–Crippen MR) is 120 cm³/mol. The molecule has 2 atom stereocenters. The minimum absolute atomic E-state index is 0.0116. The second kappa shape index (κ2) is 9.25. The van der Waals surface area contributed by atoms with E-state index >= 15 is 0 Å². The molecular formula is C21H35N7O3. The number of fused-ring (bicyclic) bond motifs is 1. The first kappa shape index (κ1) is 23.1. The molecule has 0 spiro atoms. The van der Waals surface area contributed by atoms with Gasteiger partial charge in [0.2, 0.25) is 5.95 Å². The summed E-state index contributed by atoms with van der Waals surface area (Å²) in [6.07, 6.45) is 2.24. The molecule has 1 aliphatic rings. The van der Waals surface area contributed by atoms with Gasteiger partial charge < -0.3 is 29.9 Å². The van der Waals surface area contributed by atoms with Crippen LogP contribution in [-0.2, 0) is 11.3 Å². The minimum atomic E-state index is -0.519. The second-order valence-corrected chi connectivity index (χ2v) is 9.33. The van der Waals surface area contributed by atoms with Gasteiger partial charge in [-0.25, -0.2) is 9.78 Å². The molecule has 0 unspecified atom stereocenters. The molecule has 1 aliphatic heterocycles. The zero-order chi connectivity index (χ0) is 22.8. The van der Waals surface area contributed by atoms with E-state index in [0.29, 0.717) is 30.4 Å². The number of nitrogens with one attached hydrogen (secondary N) is 2. The Morgan fingerprint density at radius 1 is 1.35 bits per heavy atom. The Labute approximate surface area is 183 Å². The van der Waals surface area contributed by atoms with E-state index in [-0.39, 0.29) is 30.7 Å². The number of rotatable bonds is 7. The summed E-state index contributed by atoms with van der Waals surface area (Å²) in [5.41, 5.74) is 0.896. The van der Waals surface area contributed by atoms with Gasteiger partial charge in [-0.1, -0.05) is 13.8 Å². The Morgan fingerprint density at radius 3 is 2.71 bits per heavy atom. The molecule has 0 saturated carbocycles. The number of carbonyl (C=O) groups is 1. The standard InChI is InChI=1S/C21H35N7O3/c1-7-27-12-22-16-17(25-19(26-18(16)27)24-15(11-29)13(2)3)23-14-8-9-28(10-14)20(30)31-21(4,5)6/h12-15,29H,7-11H2,1-6H3,(H2,23,24,25,26)/t14-,15-/m0/s1. The molecule has 2 aromatic rings. The van der Waals surface area contributed by atoms with Crippen LogP contribution >= 0.6 is 0 Å². The third kappa shape index (κ3) is 5.55. The van der Waals surface area contributed by atoms with Crippen molar-refractivity contribution >= 4 is 29.0 Å². The van der Waals surface area contributed by atoms with Gasteiger partial charge in [-0.15, -0.1) is 0 Å². The molecule has 3 heterocycles. The van der Waals surface area contributed by atoms with Crippen LogP contribution in [0.1, 0.15) is 48.0 Å². The first-order valence-corrected chi connectivity index (χ1v) is 11.0. The number of nitrogens with zero attached hydrogens (tertiary/aromatic N) is 5. The molecule has 2 aromatic heterocycles. The Hall–Kier alpha value is -2.62. The lowest BCUT2D eigenvalue weighted by Crippen LogP contribution is -2.36. The molecule has 172 valence electrons. The van der Waals surface area contributed by atoms with E-state index in [2.05, 4.69) is 25.6 Å². The van der Waals surface area contributed by atoms with Crippen LogP contribution in [0.3, 0.4) is 0 Å². The molecule has 1 fully saturated rings. The molecule has 3 rings (SSSR count). The van der Waals surface area contributed by atoms with Crippen LogP contribution in [0.5, 0.6) is 0 Å². The van der Waals surface area contributed by atoms with Crippen molar-refractivity contribution in [1.29, 1.82) is 0 Å². The number of aliphatic hydroxyl groups excluding tert-OH is 1. The van der Waals surface area contributed by atoms with Gasteiger partial charge in [0.1, 0.15) is 5.60 Å². The van der Waals surface area contributed by atoms with E-state index in [0.717, 1.165) is 18.6 Å². The van der Waals surface area contributed by atoms with Crippen LogP contribution in [0.15, 0.2) is 6.33 Å². The number of likely N-dealkylation sites (tertiary alicyclic amines) is 1. The SMILES string of the molecule is CCn1cnc2c(N[C@H]3CCN(C(=O)OC(C)(C)C)C3)nc(N[C@@H](CO)C(C)C)nc21. The predicted octanol–water partition coefficient (Wildman–Crippen LogP) is 2.70. The Balaban J connectivity index is 1.81. The zero-order valence-corrected chi connectivity index (χ0v) is 19.3. The molecule has 0 bridgehead atoms. The number of aromatic nitrogens is 4. The molecule has 1 amide bonds. The van der Waals surface area contributed by atoms with Gasteiger partial charge in [0.15, 0.2) is 17.0 Å². The van der Waals surface area contributed by atoms with Crippen molar-refractivity contribution in [2.45, 2.75) is 72.2 Å². The number of imidazole rings is 1. The van der Waals surface area contributed by atoms with Crippen molar-refractivity contribution in [2.24, 2.45) is 5.92 Å². The van der Waals surface area contributed by atoms with Crippen molar-refractivity contribution in [3.63, 3.8) is 0 Å². The van der Waals surface area contributed by atoms with Crippen molar-refractivity contribution in [1.82, 2.24) is 24.4 Å². The summed E-state index contributed by atoms with van der Waals surface area (Å²) < 4.78 is 7.45. The number of hydrogen-bond donors (Lipinski definition) is 3. The van der Waals surface area contributed by atoms with Crippen molar-refractivity contribution < 1.29 is 14.6 Å². The largest absolute Gasteiger partial charge is 0.444 e. The van der Waals surface area contributed by atoms with Crippen LogP contribution in [0, 0.1) is 5.92 Å². The smallest absolute Gasteiger partial charge is 0.410 e. The van der Waals surface area contributed by atoms with Crippen LogP contribution in [0.25, 0.3) is 11.2 Å². The van der Waals surface area contributed by atoms with Crippen LogP contribution in [0.2, 0.25) is 0 Å². The fourth-order valence-corrected chi connectivity index (χ4v) is 3.49. The lowest BCUT2D eigenvalue weighted by molar-refractivity contribution is 0.0293. The number of hydrogen-bond acceptors (Lipinski definition) is 8. The lowest BCUT2D eigenvalue weighted by Gasteiger charge is -2.24. The average molecular weight is 434 g/mol. The lowest BCUT2D eigenvalue weighted by atomic mass is 10.1. The summed E-state index contributed by atoms with van der Waals surface area (Å²) >= 11 is 0. The maximum absolute atomic E-state index is 12.4. The van der Waals surface area contributed by atoms with E-state index in [1.54, 1.807) is 11.2 Å². The molecule has 10 nitrogen and oxygen atoms in total. The van der Waals surface area contributed by atoms with Crippen LogP contribution in [0.4, 0.5) is 16.6 Å². The third-order valence-electron chi connectivity index (χ3n) is 5.30. The van der Waals surface area contributed by atoms with Gasteiger partial charge in [0.05, 0.1) is 19.0 Å². The highest BCUT2D eigenvalue weighted by Crippen LogP contribution is 2.25. The Morgan fingerprint density at radius 2 is 2.10 bits per heavy atom. The minimum Gasteiger partial charge on any atom is -0.444 e. The summed E-state index contributed by atoms with van der Waals surface area (Å²) in [4.78, 5) is 27.9. The van der Waals surface area contributed by atoms with E-state index in [1.807, 2.05) is 46.1 Å². The van der Waals surface area contributed by atoms with E-state index < -0.39 is 5.60 Å². The number of aryl methyl sites for hydroxylation is 1. The highest BCUT2D eigenvalue weighted by molar-refractivity contribution is 5.84. The molecule has 0 aliphatic carbocycles. The number of amides is 1. The summed E-state index contributed by atoms with van der Waals surface area (Å²) in [6.45, 7) is 13.6. The normalized spacial score (nSPS) is 17.9. The summed E-state index contributed by atoms with van der Waals surface area (Å²) in [7, 11) is 0. The van der Waals surface area contributed by atoms with Gasteiger partial charge in [0.25, 0.3) is 0 Å². The second-order valence-electron chi connectivity index (χ2n) is 9.33. The van der Waals surface area contributed by atoms with Gasteiger partial charge >= 0.3 is 6.09 Å². The maximum atomic E-state index is 12.4. The van der Waals surface area contributed by atoms with E-state index in [9.17, 15) is 9.90 Å². The average Bonchev–Trinajstić information content (AvgIpc) is 3.31.